The van der Waals surface area contributed by atoms with Crippen LogP contribution in [0.3, 0.4) is 0 Å². The van der Waals surface area contributed by atoms with Gasteiger partial charge in [-0.1, -0.05) is 31.5 Å². The van der Waals surface area contributed by atoms with Crippen LogP contribution in [0.5, 0.6) is 5.75 Å². The van der Waals surface area contributed by atoms with Gasteiger partial charge in [0.25, 0.3) is 0 Å². The maximum absolute atomic E-state index is 6.17. The largest absolute Gasteiger partial charge is 0.492 e. The maximum atomic E-state index is 6.17. The van der Waals surface area contributed by atoms with Gasteiger partial charge in [0.05, 0.1) is 6.61 Å². The Hall–Kier alpha value is -1.17. The Kier molecular flexibility index (Phi) is 5.90. The summed E-state index contributed by atoms with van der Waals surface area (Å²) in [5.74, 6) is 3.36. The van der Waals surface area contributed by atoms with Crippen molar-refractivity contribution in [1.29, 1.82) is 0 Å². The number of hydrogen-bond donors (Lipinski definition) is 1. The van der Waals surface area contributed by atoms with Gasteiger partial charge in [-0.15, -0.1) is 12.3 Å². The molecule has 0 aliphatic rings. The van der Waals surface area contributed by atoms with Crippen molar-refractivity contribution in [2.45, 2.75) is 32.9 Å². The molecule has 0 aliphatic carbocycles. The van der Waals surface area contributed by atoms with Gasteiger partial charge in [-0.3, -0.25) is 0 Å². The number of rotatable bonds is 6. The Labute approximate surface area is 108 Å². The smallest absolute Gasteiger partial charge is 0.125 e. The Morgan fingerprint density at radius 1 is 1.47 bits per heavy atom. The normalized spacial score (nSPS) is 10.3. The van der Waals surface area contributed by atoms with Crippen molar-refractivity contribution in [3.63, 3.8) is 0 Å². The van der Waals surface area contributed by atoms with E-state index in [0.717, 1.165) is 16.3 Å². The lowest BCUT2D eigenvalue weighted by molar-refractivity contribution is 0.322. The van der Waals surface area contributed by atoms with Crippen molar-refractivity contribution < 1.29 is 4.74 Å². The van der Waals surface area contributed by atoms with Gasteiger partial charge >= 0.3 is 0 Å². The zero-order valence-electron chi connectivity index (χ0n) is 10.3. The molecule has 1 aromatic carbocycles. The van der Waals surface area contributed by atoms with Crippen LogP contribution in [0.1, 0.15) is 25.8 Å². The molecule has 0 bridgehead atoms. The molecule has 0 amide bonds. The molecule has 0 heterocycles. The molecule has 92 valence electrons. The molecule has 1 aromatic rings. The van der Waals surface area contributed by atoms with Crippen LogP contribution in [-0.4, -0.2) is 12.6 Å². The van der Waals surface area contributed by atoms with Crippen molar-refractivity contribution in [3.8, 4) is 18.1 Å². The van der Waals surface area contributed by atoms with Crippen LogP contribution in [-0.2, 0) is 6.54 Å². The Morgan fingerprint density at radius 2 is 2.24 bits per heavy atom. The molecule has 17 heavy (non-hydrogen) atoms. The molecular weight excluding hydrogens is 234 g/mol. The molecule has 1 rings (SSSR count). The quantitative estimate of drug-likeness (QED) is 0.619. The van der Waals surface area contributed by atoms with E-state index < -0.39 is 0 Å². The number of halogens is 1. The van der Waals surface area contributed by atoms with Crippen LogP contribution in [0.2, 0.25) is 5.02 Å². The summed E-state index contributed by atoms with van der Waals surface area (Å²) in [5, 5.41) is 4.05. The summed E-state index contributed by atoms with van der Waals surface area (Å²) in [6.07, 6.45) is 5.79. The predicted molar refractivity (Wildman–Crippen MR) is 72.4 cm³/mol. The monoisotopic (exact) mass is 251 g/mol. The number of benzene rings is 1. The van der Waals surface area contributed by atoms with Crippen molar-refractivity contribution in [1.82, 2.24) is 5.32 Å². The predicted octanol–water partition coefficient (Wildman–Crippen LogP) is 3.24. The molecule has 2 nitrogen and oxygen atoms in total. The summed E-state index contributed by atoms with van der Waals surface area (Å²) in [7, 11) is 0. The number of ether oxygens (including phenoxy) is 1. The lowest BCUT2D eigenvalue weighted by Gasteiger charge is -2.14. The molecule has 0 atom stereocenters. The van der Waals surface area contributed by atoms with Gasteiger partial charge in [-0.2, -0.15) is 0 Å². The third-order valence-electron chi connectivity index (χ3n) is 2.27. The molecule has 0 unspecified atom stereocenters. The van der Waals surface area contributed by atoms with E-state index >= 15 is 0 Å². The highest BCUT2D eigenvalue weighted by Crippen LogP contribution is 2.26. The molecule has 0 saturated heterocycles. The lowest BCUT2D eigenvalue weighted by Crippen LogP contribution is -2.22. The van der Waals surface area contributed by atoms with Gasteiger partial charge in [0.2, 0.25) is 0 Å². The van der Waals surface area contributed by atoms with Crippen LogP contribution in [0.4, 0.5) is 0 Å². The second-order valence-electron chi connectivity index (χ2n) is 4.05. The first-order valence-corrected chi connectivity index (χ1v) is 6.10. The molecule has 0 spiro atoms. The highest BCUT2D eigenvalue weighted by Gasteiger charge is 2.08. The fourth-order valence-electron chi connectivity index (χ4n) is 1.37. The third kappa shape index (κ3) is 4.68. The van der Waals surface area contributed by atoms with E-state index in [4.69, 9.17) is 22.8 Å². The first-order valence-electron chi connectivity index (χ1n) is 5.72. The minimum absolute atomic E-state index is 0.407. The second-order valence-corrected chi connectivity index (χ2v) is 4.46. The summed E-state index contributed by atoms with van der Waals surface area (Å²) in [6.45, 7) is 5.40. The van der Waals surface area contributed by atoms with E-state index in [9.17, 15) is 0 Å². The topological polar surface area (TPSA) is 21.3 Å². The van der Waals surface area contributed by atoms with Gasteiger partial charge in [0.1, 0.15) is 5.75 Å². The van der Waals surface area contributed by atoms with Gasteiger partial charge < -0.3 is 10.1 Å². The van der Waals surface area contributed by atoms with Crippen LogP contribution in [0.25, 0.3) is 0 Å². The zero-order valence-corrected chi connectivity index (χ0v) is 11.1. The number of terminal acetylenes is 1. The van der Waals surface area contributed by atoms with Crippen LogP contribution < -0.4 is 10.1 Å². The molecule has 3 heteroatoms. The zero-order chi connectivity index (χ0) is 12.7. The van der Waals surface area contributed by atoms with E-state index in [0.29, 0.717) is 25.6 Å². The van der Waals surface area contributed by atoms with Gasteiger partial charge in [0.15, 0.2) is 0 Å². The molecule has 0 aliphatic heterocycles. The molecule has 1 N–H and O–H groups in total. The first-order chi connectivity index (χ1) is 8.15. The summed E-state index contributed by atoms with van der Waals surface area (Å²) >= 11 is 6.17. The van der Waals surface area contributed by atoms with E-state index in [1.807, 2.05) is 18.2 Å². The van der Waals surface area contributed by atoms with E-state index in [-0.39, 0.29) is 0 Å². The highest BCUT2D eigenvalue weighted by atomic mass is 35.5. The van der Waals surface area contributed by atoms with Gasteiger partial charge in [-0.25, -0.2) is 0 Å². The van der Waals surface area contributed by atoms with Gasteiger partial charge in [0, 0.05) is 29.6 Å². The van der Waals surface area contributed by atoms with Crippen molar-refractivity contribution in [2.75, 3.05) is 6.61 Å². The fraction of sp³-hybridized carbons (Fsp3) is 0.429. The molecule has 0 radical (unpaired) electrons. The summed E-state index contributed by atoms with van der Waals surface area (Å²) in [5.41, 5.74) is 0.986. The molecular formula is C14H18ClNO. The highest BCUT2D eigenvalue weighted by molar-refractivity contribution is 6.31. The minimum Gasteiger partial charge on any atom is -0.492 e. The lowest BCUT2D eigenvalue weighted by atomic mass is 10.2. The Balaban J connectivity index is 2.74. The minimum atomic E-state index is 0.407. The summed E-state index contributed by atoms with van der Waals surface area (Å²) < 4.78 is 5.62. The first kappa shape index (κ1) is 13.9. The summed E-state index contributed by atoms with van der Waals surface area (Å²) in [4.78, 5) is 0. The van der Waals surface area contributed by atoms with E-state index in [1.165, 1.54) is 0 Å². The summed E-state index contributed by atoms with van der Waals surface area (Å²) in [6, 6.07) is 6.07. The Bertz CT molecular complexity index is 396. The standard InChI is InChI=1S/C14H18ClNO/c1-4-5-9-17-14-8-6-7-13(15)12(14)10-16-11(2)3/h1,6-8,11,16H,5,9-10H2,2-3H3. The van der Waals surface area contributed by atoms with E-state index in [2.05, 4.69) is 25.1 Å². The molecule has 0 saturated carbocycles. The average Bonchev–Trinajstić information content (AvgIpc) is 2.28. The van der Waals surface area contributed by atoms with Crippen molar-refractivity contribution >= 4 is 11.6 Å². The molecule has 0 aromatic heterocycles. The van der Waals surface area contributed by atoms with Crippen LogP contribution in [0, 0.1) is 12.3 Å². The third-order valence-corrected chi connectivity index (χ3v) is 2.62. The van der Waals surface area contributed by atoms with Crippen LogP contribution >= 0.6 is 11.6 Å². The number of hydrogen-bond acceptors (Lipinski definition) is 2. The van der Waals surface area contributed by atoms with Crippen LogP contribution in [0.15, 0.2) is 18.2 Å². The maximum Gasteiger partial charge on any atom is 0.125 e. The van der Waals surface area contributed by atoms with Crippen molar-refractivity contribution in [3.05, 3.63) is 28.8 Å². The molecule has 0 fully saturated rings. The average molecular weight is 252 g/mol. The van der Waals surface area contributed by atoms with E-state index in [1.54, 1.807) is 0 Å². The Morgan fingerprint density at radius 3 is 2.88 bits per heavy atom. The second kappa shape index (κ2) is 7.21. The fourth-order valence-corrected chi connectivity index (χ4v) is 1.60. The van der Waals surface area contributed by atoms with Crippen molar-refractivity contribution in [2.24, 2.45) is 0 Å². The number of nitrogens with one attached hydrogen (secondary N) is 1. The SMILES string of the molecule is C#CCCOc1cccc(Cl)c1CNC(C)C. The van der Waals surface area contributed by atoms with Gasteiger partial charge in [-0.05, 0) is 12.1 Å².